The first-order valence-electron chi connectivity index (χ1n) is 9.97. The van der Waals surface area contributed by atoms with Gasteiger partial charge in [-0.1, -0.05) is 0 Å². The van der Waals surface area contributed by atoms with Gasteiger partial charge in [0, 0.05) is 32.7 Å². The van der Waals surface area contributed by atoms with Crippen LogP contribution in [0.5, 0.6) is 0 Å². The average Bonchev–Trinajstić information content (AvgIpc) is 3.04. The molecular weight excluding hydrogens is 318 g/mol. The highest BCUT2D eigenvalue weighted by molar-refractivity contribution is 5.75. The fourth-order valence-electron chi connectivity index (χ4n) is 5.12. The lowest BCUT2D eigenvalue weighted by Gasteiger charge is -2.43. The summed E-state index contributed by atoms with van der Waals surface area (Å²) in [6.07, 6.45) is 6.05. The molecule has 1 aliphatic carbocycles. The zero-order valence-electron chi connectivity index (χ0n) is 16.3. The maximum Gasteiger partial charge on any atom is 0.323 e. The number of rotatable bonds is 5. The third-order valence-electron chi connectivity index (χ3n) is 6.65. The maximum atomic E-state index is 12.4. The van der Waals surface area contributed by atoms with Gasteiger partial charge in [-0.25, -0.2) is 4.90 Å². The summed E-state index contributed by atoms with van der Waals surface area (Å²) in [5.74, 6) is 0.619. The first kappa shape index (κ1) is 19.1. The van der Waals surface area contributed by atoms with E-state index in [1.165, 1.54) is 20.0 Å². The maximum absolute atomic E-state index is 12.4. The van der Waals surface area contributed by atoms with Crippen LogP contribution in [0.2, 0.25) is 0 Å². The summed E-state index contributed by atoms with van der Waals surface area (Å²) in [4.78, 5) is 17.4. The summed E-state index contributed by atoms with van der Waals surface area (Å²) in [7, 11) is 3.34. The van der Waals surface area contributed by atoms with Crippen molar-refractivity contribution in [2.45, 2.75) is 76.2 Å². The van der Waals surface area contributed by atoms with E-state index in [2.05, 4.69) is 29.0 Å². The fourth-order valence-corrected chi connectivity index (χ4v) is 5.12. The van der Waals surface area contributed by atoms with Crippen molar-refractivity contribution in [2.75, 3.05) is 34.0 Å². The van der Waals surface area contributed by atoms with Crippen LogP contribution in [-0.2, 0) is 14.3 Å². The lowest BCUT2D eigenvalue weighted by atomic mass is 9.85. The second-order valence-electron chi connectivity index (χ2n) is 8.36. The number of fused-ring (bicyclic) bond motifs is 1. The Morgan fingerprint density at radius 3 is 2.52 bits per heavy atom. The van der Waals surface area contributed by atoms with E-state index in [-0.39, 0.29) is 12.0 Å². The molecule has 2 aliphatic heterocycles. The van der Waals surface area contributed by atoms with Gasteiger partial charge in [-0.3, -0.25) is 9.69 Å². The highest BCUT2D eigenvalue weighted by atomic mass is 16.5. The lowest BCUT2D eigenvalue weighted by molar-refractivity contribution is -0.678. The fraction of sp³-hybridized carbons (Fsp3) is 0.947. The van der Waals surface area contributed by atoms with Gasteiger partial charge < -0.3 is 14.8 Å². The van der Waals surface area contributed by atoms with Crippen LogP contribution in [0, 0.1) is 5.92 Å². The van der Waals surface area contributed by atoms with E-state index in [1.54, 1.807) is 0 Å². The Bertz CT molecular complexity index is 451. The molecule has 0 amide bonds. The Labute approximate surface area is 152 Å². The van der Waals surface area contributed by atoms with E-state index in [1.807, 2.05) is 7.11 Å². The minimum Gasteiger partial charge on any atom is -0.468 e. The molecule has 0 bridgehead atoms. The van der Waals surface area contributed by atoms with Gasteiger partial charge >= 0.3 is 5.97 Å². The van der Waals surface area contributed by atoms with Crippen LogP contribution in [0.1, 0.15) is 46.0 Å². The molecule has 0 aromatic carbocycles. The summed E-state index contributed by atoms with van der Waals surface area (Å²) in [6.45, 7) is 7.61. The molecule has 0 aromatic rings. The van der Waals surface area contributed by atoms with Crippen LogP contribution in [-0.4, -0.2) is 80.0 Å². The molecule has 2 unspecified atom stereocenters. The number of hydrogen-bond donors (Lipinski definition) is 1. The number of ether oxygens (including phenoxy) is 2. The van der Waals surface area contributed by atoms with Crippen LogP contribution in [0.4, 0.5) is 0 Å². The van der Waals surface area contributed by atoms with Gasteiger partial charge in [-0.15, -0.1) is 0 Å². The highest BCUT2D eigenvalue weighted by Gasteiger charge is 2.48. The van der Waals surface area contributed by atoms with Gasteiger partial charge in [0.25, 0.3) is 0 Å². The smallest absolute Gasteiger partial charge is 0.323 e. The van der Waals surface area contributed by atoms with Crippen molar-refractivity contribution in [3.05, 3.63) is 0 Å². The number of likely N-dealkylation sites (tertiary alicyclic amines) is 1. The minimum atomic E-state index is -0.0743. The van der Waals surface area contributed by atoms with Gasteiger partial charge in [0.2, 0.25) is 0 Å². The molecule has 0 aromatic heterocycles. The molecule has 144 valence electrons. The summed E-state index contributed by atoms with van der Waals surface area (Å²) in [6, 6.07) is 1.55. The third-order valence-corrected chi connectivity index (χ3v) is 6.65. The predicted octanol–water partition coefficient (Wildman–Crippen LogP) is 0.421. The van der Waals surface area contributed by atoms with E-state index in [0.717, 1.165) is 39.0 Å². The van der Waals surface area contributed by atoms with Crippen molar-refractivity contribution in [2.24, 2.45) is 5.92 Å². The number of carbonyl (C=O) groups excluding carboxylic acids is 1. The zero-order valence-corrected chi connectivity index (χ0v) is 16.3. The first-order chi connectivity index (χ1) is 12.0. The Balaban J connectivity index is 1.66. The summed E-state index contributed by atoms with van der Waals surface area (Å²) in [5, 5.41) is 2.42. The number of methoxy groups -OCH3 is 2. The molecule has 1 saturated carbocycles. The Kier molecular flexibility index (Phi) is 6.36. The van der Waals surface area contributed by atoms with E-state index in [4.69, 9.17) is 9.47 Å². The summed E-state index contributed by atoms with van der Waals surface area (Å²) >= 11 is 0. The van der Waals surface area contributed by atoms with Crippen molar-refractivity contribution in [1.82, 2.24) is 9.80 Å². The van der Waals surface area contributed by atoms with Crippen LogP contribution in [0.3, 0.4) is 0 Å². The highest BCUT2D eigenvalue weighted by Crippen LogP contribution is 2.30. The normalized spacial score (nSPS) is 37.2. The van der Waals surface area contributed by atoms with Gasteiger partial charge in [-0.05, 0) is 45.4 Å². The number of esters is 1. The van der Waals surface area contributed by atoms with Gasteiger partial charge in [0.05, 0.1) is 19.3 Å². The standard InChI is InChI=1S/C19H35N3O3/c1-13(2)22-12-20-16-9-17(19(23)25-4)21(11-18(16)22)10-14-5-7-15(24-3)8-6-14/h13-18,20H,5-12H2,1-4H3/p+1/t14?,15?,16?,17-,18?/m0/s1. The number of nitrogens with two attached hydrogens (primary N) is 1. The molecule has 3 fully saturated rings. The van der Waals surface area contributed by atoms with E-state index in [9.17, 15) is 4.79 Å². The van der Waals surface area contributed by atoms with Crippen LogP contribution in [0.25, 0.3) is 0 Å². The molecule has 3 aliphatic rings. The molecule has 3 atom stereocenters. The number of nitrogens with zero attached hydrogens (tertiary/aromatic N) is 2. The van der Waals surface area contributed by atoms with Crippen LogP contribution < -0.4 is 5.32 Å². The Morgan fingerprint density at radius 2 is 1.92 bits per heavy atom. The molecule has 0 spiro atoms. The number of piperidine rings is 1. The van der Waals surface area contributed by atoms with Crippen LogP contribution in [0.15, 0.2) is 0 Å². The number of hydrogen-bond acceptors (Lipinski definition) is 5. The van der Waals surface area contributed by atoms with E-state index < -0.39 is 0 Å². The molecule has 6 nitrogen and oxygen atoms in total. The SMILES string of the molecule is COC(=O)[C@@H]1CC2[NH2+]CN(C(C)C)C2CN1CC1CCC(OC)CC1. The first-order valence-corrected chi connectivity index (χ1v) is 9.97. The summed E-state index contributed by atoms with van der Waals surface area (Å²) in [5.41, 5.74) is 0. The van der Waals surface area contributed by atoms with Crippen molar-refractivity contribution in [3.63, 3.8) is 0 Å². The minimum absolute atomic E-state index is 0.0552. The van der Waals surface area contributed by atoms with E-state index >= 15 is 0 Å². The molecule has 3 rings (SSSR count). The summed E-state index contributed by atoms with van der Waals surface area (Å²) < 4.78 is 10.6. The monoisotopic (exact) mass is 354 g/mol. The topological polar surface area (TPSA) is 58.6 Å². The number of carbonyl (C=O) groups is 1. The lowest BCUT2D eigenvalue weighted by Crippen LogP contribution is -2.89. The van der Waals surface area contributed by atoms with Crippen molar-refractivity contribution >= 4 is 5.97 Å². The molecule has 6 heteroatoms. The molecule has 0 radical (unpaired) electrons. The van der Waals surface area contributed by atoms with Crippen LogP contribution >= 0.6 is 0 Å². The average molecular weight is 355 g/mol. The van der Waals surface area contributed by atoms with Crippen molar-refractivity contribution < 1.29 is 19.6 Å². The van der Waals surface area contributed by atoms with E-state index in [0.29, 0.717) is 30.1 Å². The van der Waals surface area contributed by atoms with Gasteiger partial charge in [-0.2, -0.15) is 0 Å². The largest absolute Gasteiger partial charge is 0.468 e. The Hall–Kier alpha value is -0.690. The zero-order chi connectivity index (χ0) is 18.0. The second kappa shape index (κ2) is 8.33. The molecule has 25 heavy (non-hydrogen) atoms. The van der Waals surface area contributed by atoms with Gasteiger partial charge in [0.1, 0.15) is 18.8 Å². The molecular formula is C19H36N3O3+. The number of quaternary nitrogens is 1. The molecule has 2 saturated heterocycles. The molecule has 2 heterocycles. The molecule has 2 N–H and O–H groups in total. The van der Waals surface area contributed by atoms with Crippen molar-refractivity contribution in [3.8, 4) is 0 Å². The quantitative estimate of drug-likeness (QED) is 0.725. The Morgan fingerprint density at radius 1 is 1.20 bits per heavy atom. The predicted molar refractivity (Wildman–Crippen MR) is 96.1 cm³/mol. The second-order valence-corrected chi connectivity index (χ2v) is 8.36. The third kappa shape index (κ3) is 4.18. The van der Waals surface area contributed by atoms with Gasteiger partial charge in [0.15, 0.2) is 0 Å². The van der Waals surface area contributed by atoms with Crippen molar-refractivity contribution in [1.29, 1.82) is 0 Å².